The Bertz CT molecular complexity index is 1180. The lowest BCUT2D eigenvalue weighted by Crippen LogP contribution is -2.39. The summed E-state index contributed by atoms with van der Waals surface area (Å²) in [5, 5.41) is 41.0. The number of amides is 1. The second-order valence-corrected chi connectivity index (χ2v) is 7.56. The highest BCUT2D eigenvalue weighted by Crippen LogP contribution is 2.26. The normalized spacial score (nSPS) is 11.8. The van der Waals surface area contributed by atoms with E-state index < -0.39 is 18.0 Å². The molecule has 0 aliphatic rings. The van der Waals surface area contributed by atoms with Crippen molar-refractivity contribution in [3.8, 4) is 23.0 Å². The molecular formula is C26H25NO7. The molecule has 34 heavy (non-hydrogen) atoms. The number of rotatable bonds is 9. The van der Waals surface area contributed by atoms with Crippen LogP contribution < -0.4 is 5.32 Å². The van der Waals surface area contributed by atoms with Gasteiger partial charge in [-0.15, -0.1) is 0 Å². The van der Waals surface area contributed by atoms with Crippen LogP contribution in [0.25, 0.3) is 6.08 Å². The highest BCUT2D eigenvalue weighted by molar-refractivity contribution is 5.90. The van der Waals surface area contributed by atoms with Gasteiger partial charge in [-0.2, -0.15) is 0 Å². The molecule has 3 aromatic carbocycles. The highest BCUT2D eigenvalue weighted by Gasteiger charge is 2.23. The number of benzene rings is 3. The lowest BCUT2D eigenvalue weighted by Gasteiger charge is -2.17. The molecule has 1 atom stereocenters. The maximum atomic E-state index is 12.8. The molecule has 8 nitrogen and oxygen atoms in total. The van der Waals surface area contributed by atoms with E-state index in [4.69, 9.17) is 4.74 Å². The van der Waals surface area contributed by atoms with Crippen LogP contribution in [0.4, 0.5) is 0 Å². The summed E-state index contributed by atoms with van der Waals surface area (Å²) in [6, 6.07) is 17.7. The summed E-state index contributed by atoms with van der Waals surface area (Å²) in [7, 11) is 0. The Balaban J connectivity index is 1.68. The Morgan fingerprint density at radius 3 is 2.18 bits per heavy atom. The summed E-state index contributed by atoms with van der Waals surface area (Å²) in [6.45, 7) is 0.334. The van der Waals surface area contributed by atoms with Crippen molar-refractivity contribution in [1.82, 2.24) is 5.32 Å². The van der Waals surface area contributed by atoms with Crippen LogP contribution in [0.3, 0.4) is 0 Å². The van der Waals surface area contributed by atoms with Crippen LogP contribution in [0.5, 0.6) is 23.0 Å². The molecule has 0 unspecified atom stereocenters. The van der Waals surface area contributed by atoms with Gasteiger partial charge in [0.15, 0.2) is 29.1 Å². The van der Waals surface area contributed by atoms with Crippen molar-refractivity contribution in [3.63, 3.8) is 0 Å². The van der Waals surface area contributed by atoms with Crippen LogP contribution in [-0.4, -0.2) is 45.0 Å². The zero-order chi connectivity index (χ0) is 24.5. The van der Waals surface area contributed by atoms with Crippen molar-refractivity contribution in [2.45, 2.75) is 18.9 Å². The smallest absolute Gasteiger partial charge is 0.331 e. The predicted molar refractivity (Wildman–Crippen MR) is 125 cm³/mol. The SMILES string of the molecule is O=C(/C=C/c1ccc(O)c(O)c1)O[C@H](Cc1ccc(O)c(O)c1)C(=O)NCCc1ccccc1. The van der Waals surface area contributed by atoms with E-state index in [1.807, 2.05) is 30.3 Å². The van der Waals surface area contributed by atoms with Crippen LogP contribution in [0.15, 0.2) is 72.8 Å². The number of ether oxygens (including phenoxy) is 1. The van der Waals surface area contributed by atoms with Crippen molar-refractivity contribution >= 4 is 18.0 Å². The maximum Gasteiger partial charge on any atom is 0.331 e. The Morgan fingerprint density at radius 1 is 0.824 bits per heavy atom. The van der Waals surface area contributed by atoms with Crippen LogP contribution in [0.2, 0.25) is 0 Å². The number of esters is 1. The fraction of sp³-hybridized carbons (Fsp3) is 0.154. The van der Waals surface area contributed by atoms with Gasteiger partial charge >= 0.3 is 5.97 Å². The third-order valence-corrected chi connectivity index (χ3v) is 4.98. The predicted octanol–water partition coefficient (Wildman–Crippen LogP) is 3.04. The number of aromatic hydroxyl groups is 4. The number of phenols is 4. The Kier molecular flexibility index (Phi) is 8.12. The monoisotopic (exact) mass is 463 g/mol. The first kappa shape index (κ1) is 24.2. The molecule has 5 N–H and O–H groups in total. The molecule has 0 aliphatic heterocycles. The van der Waals surface area contributed by atoms with E-state index in [1.54, 1.807) is 0 Å². The second kappa shape index (κ2) is 11.4. The first-order valence-corrected chi connectivity index (χ1v) is 10.5. The molecule has 8 heteroatoms. The largest absolute Gasteiger partial charge is 0.504 e. The molecule has 3 aromatic rings. The average Bonchev–Trinajstić information content (AvgIpc) is 2.82. The topological polar surface area (TPSA) is 136 Å². The molecule has 0 aliphatic carbocycles. The lowest BCUT2D eigenvalue weighted by molar-refractivity contribution is -0.151. The molecule has 0 heterocycles. The number of hydrogen-bond acceptors (Lipinski definition) is 7. The molecule has 176 valence electrons. The van der Waals surface area contributed by atoms with Crippen LogP contribution in [-0.2, 0) is 27.2 Å². The van der Waals surface area contributed by atoms with Crippen LogP contribution >= 0.6 is 0 Å². The first-order valence-electron chi connectivity index (χ1n) is 10.5. The fourth-order valence-electron chi connectivity index (χ4n) is 3.17. The van der Waals surface area contributed by atoms with E-state index in [0.29, 0.717) is 24.1 Å². The molecule has 3 rings (SSSR count). The molecule has 0 saturated carbocycles. The van der Waals surface area contributed by atoms with Gasteiger partial charge in [-0.05, 0) is 53.5 Å². The number of phenolic OH excluding ortho intramolecular Hbond substituents is 4. The third kappa shape index (κ3) is 7.03. The van der Waals surface area contributed by atoms with E-state index in [0.717, 1.165) is 11.6 Å². The van der Waals surface area contributed by atoms with Gasteiger partial charge in [0.1, 0.15) is 0 Å². The molecule has 0 bridgehead atoms. The fourth-order valence-corrected chi connectivity index (χ4v) is 3.17. The van der Waals surface area contributed by atoms with Crippen molar-refractivity contribution in [3.05, 3.63) is 89.5 Å². The summed E-state index contributed by atoms with van der Waals surface area (Å²) in [4.78, 5) is 25.2. The molecule has 0 aromatic heterocycles. The van der Waals surface area contributed by atoms with Crippen molar-refractivity contribution in [1.29, 1.82) is 0 Å². The van der Waals surface area contributed by atoms with Crippen LogP contribution in [0.1, 0.15) is 16.7 Å². The molecule has 1 amide bonds. The summed E-state index contributed by atoms with van der Waals surface area (Å²) in [5.41, 5.74) is 1.97. The van der Waals surface area contributed by atoms with Crippen LogP contribution in [0, 0.1) is 0 Å². The van der Waals surface area contributed by atoms with E-state index in [2.05, 4.69) is 5.32 Å². The molecular weight excluding hydrogens is 438 g/mol. The molecule has 0 spiro atoms. The average molecular weight is 463 g/mol. The Morgan fingerprint density at radius 2 is 1.50 bits per heavy atom. The van der Waals surface area contributed by atoms with Gasteiger partial charge in [0, 0.05) is 19.0 Å². The minimum atomic E-state index is -1.19. The van der Waals surface area contributed by atoms with E-state index in [9.17, 15) is 30.0 Å². The van der Waals surface area contributed by atoms with Crippen molar-refractivity contribution < 1.29 is 34.8 Å². The third-order valence-electron chi connectivity index (χ3n) is 4.98. The van der Waals surface area contributed by atoms with Crippen molar-refractivity contribution in [2.75, 3.05) is 6.54 Å². The van der Waals surface area contributed by atoms with Gasteiger partial charge < -0.3 is 30.5 Å². The number of carbonyl (C=O) groups is 2. The number of hydrogen-bond donors (Lipinski definition) is 5. The zero-order valence-corrected chi connectivity index (χ0v) is 18.2. The van der Waals surface area contributed by atoms with Crippen molar-refractivity contribution in [2.24, 2.45) is 0 Å². The minimum absolute atomic E-state index is 0.0232. The van der Waals surface area contributed by atoms with Gasteiger partial charge in [-0.25, -0.2) is 4.79 Å². The zero-order valence-electron chi connectivity index (χ0n) is 18.2. The highest BCUT2D eigenvalue weighted by atomic mass is 16.5. The van der Waals surface area contributed by atoms with E-state index in [-0.39, 0.29) is 29.4 Å². The minimum Gasteiger partial charge on any atom is -0.504 e. The van der Waals surface area contributed by atoms with Gasteiger partial charge in [0.25, 0.3) is 5.91 Å². The van der Waals surface area contributed by atoms with E-state index >= 15 is 0 Å². The molecule has 0 saturated heterocycles. The van der Waals surface area contributed by atoms with E-state index in [1.165, 1.54) is 42.5 Å². The Labute approximate surface area is 196 Å². The summed E-state index contributed by atoms with van der Waals surface area (Å²) < 4.78 is 5.37. The standard InChI is InChI=1S/C26H25NO7/c28-20-9-6-18(14-22(20)30)8-11-25(32)34-24(16-19-7-10-21(29)23(31)15-19)26(33)27-13-12-17-4-2-1-3-5-17/h1-11,14-15,24,28-31H,12-13,16H2,(H,27,33)/b11-8+/t24-/m1/s1. The van der Waals surface area contributed by atoms with Gasteiger partial charge in [-0.1, -0.05) is 42.5 Å². The summed E-state index contributed by atoms with van der Waals surface area (Å²) in [5.74, 6) is -2.57. The number of carbonyl (C=O) groups excluding carboxylic acids is 2. The van der Waals surface area contributed by atoms with Gasteiger partial charge in [-0.3, -0.25) is 4.79 Å². The first-order chi connectivity index (χ1) is 16.3. The quantitative estimate of drug-likeness (QED) is 0.187. The van der Waals surface area contributed by atoms with Gasteiger partial charge in [0.2, 0.25) is 0 Å². The number of nitrogens with one attached hydrogen (secondary N) is 1. The summed E-state index contributed by atoms with van der Waals surface area (Å²) >= 11 is 0. The lowest BCUT2D eigenvalue weighted by atomic mass is 10.1. The summed E-state index contributed by atoms with van der Waals surface area (Å²) in [6.07, 6.45) is 1.86. The second-order valence-electron chi connectivity index (χ2n) is 7.56. The maximum absolute atomic E-state index is 12.8. The molecule has 0 fully saturated rings. The van der Waals surface area contributed by atoms with Gasteiger partial charge in [0.05, 0.1) is 0 Å². The Hall–Kier alpha value is -4.46. The molecule has 0 radical (unpaired) electrons.